The summed E-state index contributed by atoms with van der Waals surface area (Å²) in [6, 6.07) is 13.0. The molecule has 1 aromatic heterocycles. The number of aromatic nitrogens is 1. The van der Waals surface area contributed by atoms with Crippen molar-refractivity contribution in [2.75, 3.05) is 6.54 Å². The van der Waals surface area contributed by atoms with Crippen LogP contribution in [0, 0.1) is 0 Å². The third-order valence-corrected chi connectivity index (χ3v) is 4.67. The Bertz CT molecular complexity index is 788. The summed E-state index contributed by atoms with van der Waals surface area (Å²) in [4.78, 5) is 30.0. The van der Waals surface area contributed by atoms with Crippen LogP contribution in [0.15, 0.2) is 42.5 Å². The molecule has 1 heterocycles. The number of carboxylic acid groups (broad SMARTS) is 1. The van der Waals surface area contributed by atoms with Gasteiger partial charge in [-0.25, -0.2) is 9.78 Å². The number of amides is 1. The number of nitrogens with zero attached hydrogens (tertiary/aromatic N) is 2. The number of aromatic carboxylic acids is 1. The predicted octanol–water partition coefficient (Wildman–Crippen LogP) is 3.19. The molecule has 1 amide bonds. The fraction of sp³-hybridized carbons (Fsp3) is 0.350. The van der Waals surface area contributed by atoms with E-state index in [1.54, 1.807) is 12.1 Å². The lowest BCUT2D eigenvalue weighted by atomic mass is 9.87. The van der Waals surface area contributed by atoms with Gasteiger partial charge in [-0.2, -0.15) is 0 Å². The summed E-state index contributed by atoms with van der Waals surface area (Å²) < 4.78 is 0. The summed E-state index contributed by atoms with van der Waals surface area (Å²) in [5, 5.41) is 9.10. The molecule has 5 nitrogen and oxygen atoms in total. The smallest absolute Gasteiger partial charge is 0.354 e. The number of rotatable bonds is 5. The molecule has 0 bridgehead atoms. The van der Waals surface area contributed by atoms with Crippen LogP contribution in [-0.2, 0) is 12.8 Å². The van der Waals surface area contributed by atoms with E-state index in [-0.39, 0.29) is 23.3 Å². The van der Waals surface area contributed by atoms with Gasteiger partial charge in [-0.1, -0.05) is 37.3 Å². The number of carbonyl (C=O) groups is 2. The van der Waals surface area contributed by atoms with Crippen LogP contribution in [0.5, 0.6) is 0 Å². The molecule has 130 valence electrons. The quantitative estimate of drug-likeness (QED) is 0.909. The Labute approximate surface area is 147 Å². The largest absolute Gasteiger partial charge is 0.477 e. The molecule has 1 N–H and O–H groups in total. The molecular weight excluding hydrogens is 316 g/mol. The van der Waals surface area contributed by atoms with E-state index in [2.05, 4.69) is 23.2 Å². The Morgan fingerprint density at radius 2 is 1.84 bits per heavy atom. The first-order valence-electron chi connectivity index (χ1n) is 8.68. The van der Waals surface area contributed by atoms with Gasteiger partial charge < -0.3 is 10.0 Å². The Morgan fingerprint density at radius 1 is 1.12 bits per heavy atom. The summed E-state index contributed by atoms with van der Waals surface area (Å²) in [7, 11) is 0. The second kappa shape index (κ2) is 7.47. The molecule has 0 spiro atoms. The number of pyridine rings is 1. The molecule has 1 aromatic carbocycles. The number of fused-ring (bicyclic) bond motifs is 1. The Kier molecular flexibility index (Phi) is 5.12. The van der Waals surface area contributed by atoms with Gasteiger partial charge in [0.25, 0.3) is 5.91 Å². The van der Waals surface area contributed by atoms with Crippen LogP contribution < -0.4 is 0 Å². The first kappa shape index (κ1) is 17.1. The molecule has 0 radical (unpaired) electrons. The lowest BCUT2D eigenvalue weighted by Gasteiger charge is -2.35. The average Bonchev–Trinajstić information content (AvgIpc) is 2.65. The first-order chi connectivity index (χ1) is 12.1. The van der Waals surface area contributed by atoms with Gasteiger partial charge in [0.05, 0.1) is 0 Å². The molecule has 25 heavy (non-hydrogen) atoms. The van der Waals surface area contributed by atoms with Crippen LogP contribution >= 0.6 is 0 Å². The van der Waals surface area contributed by atoms with E-state index in [1.165, 1.54) is 17.2 Å². The summed E-state index contributed by atoms with van der Waals surface area (Å²) in [6.07, 6.45) is 3.56. The van der Waals surface area contributed by atoms with Gasteiger partial charge in [-0.05, 0) is 48.9 Å². The summed E-state index contributed by atoms with van der Waals surface area (Å²) in [6.45, 7) is 2.68. The number of aryl methyl sites for hydroxylation is 1. The van der Waals surface area contributed by atoms with Crippen molar-refractivity contribution in [2.45, 2.75) is 38.6 Å². The highest BCUT2D eigenvalue weighted by Gasteiger charge is 2.28. The van der Waals surface area contributed by atoms with Crippen molar-refractivity contribution in [1.82, 2.24) is 9.88 Å². The van der Waals surface area contributed by atoms with Crippen LogP contribution in [0.3, 0.4) is 0 Å². The highest BCUT2D eigenvalue weighted by Crippen LogP contribution is 2.25. The van der Waals surface area contributed by atoms with E-state index in [9.17, 15) is 9.59 Å². The minimum absolute atomic E-state index is 0.101. The van der Waals surface area contributed by atoms with Crippen LogP contribution in [0.2, 0.25) is 0 Å². The van der Waals surface area contributed by atoms with E-state index >= 15 is 0 Å². The SMILES string of the molecule is CCCN(C(=O)c1cccc(C(=O)O)n1)C1CCc2ccccc2C1. The van der Waals surface area contributed by atoms with E-state index in [4.69, 9.17) is 5.11 Å². The molecule has 0 saturated heterocycles. The van der Waals surface area contributed by atoms with E-state index in [0.29, 0.717) is 6.54 Å². The maximum atomic E-state index is 13.0. The van der Waals surface area contributed by atoms with Crippen molar-refractivity contribution in [3.63, 3.8) is 0 Å². The molecular formula is C20H22N2O3. The molecule has 1 unspecified atom stereocenters. The molecule has 0 saturated carbocycles. The molecule has 1 aliphatic rings. The zero-order valence-electron chi connectivity index (χ0n) is 14.3. The molecule has 3 rings (SSSR count). The number of benzene rings is 1. The molecule has 5 heteroatoms. The maximum absolute atomic E-state index is 13.0. The number of hydrogen-bond donors (Lipinski definition) is 1. The van der Waals surface area contributed by atoms with Gasteiger partial charge in [0, 0.05) is 12.6 Å². The van der Waals surface area contributed by atoms with Crippen molar-refractivity contribution in [3.05, 3.63) is 65.0 Å². The fourth-order valence-electron chi connectivity index (χ4n) is 3.46. The van der Waals surface area contributed by atoms with Crippen LogP contribution in [0.4, 0.5) is 0 Å². The van der Waals surface area contributed by atoms with Gasteiger partial charge >= 0.3 is 5.97 Å². The number of carboxylic acids is 1. The lowest BCUT2D eigenvalue weighted by molar-refractivity contribution is 0.0654. The summed E-state index contributed by atoms with van der Waals surface area (Å²) in [5.74, 6) is -1.31. The Hall–Kier alpha value is -2.69. The molecule has 1 atom stereocenters. The fourth-order valence-corrected chi connectivity index (χ4v) is 3.46. The summed E-state index contributed by atoms with van der Waals surface area (Å²) in [5.41, 5.74) is 2.75. The van der Waals surface area contributed by atoms with Crippen molar-refractivity contribution in [2.24, 2.45) is 0 Å². The topological polar surface area (TPSA) is 70.5 Å². The van der Waals surface area contributed by atoms with E-state index in [1.807, 2.05) is 17.9 Å². The van der Waals surface area contributed by atoms with Gasteiger partial charge in [0.2, 0.25) is 0 Å². The minimum Gasteiger partial charge on any atom is -0.477 e. The van der Waals surface area contributed by atoms with Crippen molar-refractivity contribution in [1.29, 1.82) is 0 Å². The van der Waals surface area contributed by atoms with E-state index in [0.717, 1.165) is 25.7 Å². The third-order valence-electron chi connectivity index (χ3n) is 4.67. The number of hydrogen-bond acceptors (Lipinski definition) is 3. The standard InChI is InChI=1S/C20H22N2O3/c1-2-12-22(16-11-10-14-6-3-4-7-15(14)13-16)19(23)17-8-5-9-18(21-17)20(24)25/h3-9,16H,2,10-13H2,1H3,(H,24,25). The molecule has 0 fully saturated rings. The maximum Gasteiger partial charge on any atom is 0.354 e. The highest BCUT2D eigenvalue weighted by molar-refractivity contribution is 5.94. The lowest BCUT2D eigenvalue weighted by Crippen LogP contribution is -2.44. The Morgan fingerprint density at radius 3 is 2.56 bits per heavy atom. The monoisotopic (exact) mass is 338 g/mol. The molecule has 0 aliphatic heterocycles. The summed E-state index contributed by atoms with van der Waals surface area (Å²) >= 11 is 0. The van der Waals surface area contributed by atoms with Crippen molar-refractivity contribution < 1.29 is 14.7 Å². The van der Waals surface area contributed by atoms with Crippen LogP contribution in [-0.4, -0.2) is 39.5 Å². The number of carbonyl (C=O) groups excluding carboxylic acids is 1. The first-order valence-corrected chi connectivity index (χ1v) is 8.68. The third kappa shape index (κ3) is 3.71. The van der Waals surface area contributed by atoms with Gasteiger partial charge in [0.1, 0.15) is 11.4 Å². The van der Waals surface area contributed by atoms with Crippen molar-refractivity contribution >= 4 is 11.9 Å². The predicted molar refractivity (Wildman–Crippen MR) is 94.8 cm³/mol. The van der Waals surface area contributed by atoms with Crippen molar-refractivity contribution in [3.8, 4) is 0 Å². The van der Waals surface area contributed by atoms with Crippen LogP contribution in [0.25, 0.3) is 0 Å². The van der Waals surface area contributed by atoms with E-state index < -0.39 is 5.97 Å². The minimum atomic E-state index is -1.12. The second-order valence-electron chi connectivity index (χ2n) is 6.38. The normalized spacial score (nSPS) is 16.1. The second-order valence-corrected chi connectivity index (χ2v) is 6.38. The molecule has 2 aromatic rings. The van der Waals surface area contributed by atoms with Gasteiger partial charge in [-0.3, -0.25) is 4.79 Å². The Balaban J connectivity index is 1.85. The zero-order valence-corrected chi connectivity index (χ0v) is 14.3. The highest BCUT2D eigenvalue weighted by atomic mass is 16.4. The molecule has 1 aliphatic carbocycles. The van der Waals surface area contributed by atoms with Gasteiger partial charge in [0.15, 0.2) is 0 Å². The average molecular weight is 338 g/mol. The zero-order chi connectivity index (χ0) is 17.8. The van der Waals surface area contributed by atoms with Gasteiger partial charge in [-0.15, -0.1) is 0 Å². The van der Waals surface area contributed by atoms with Crippen LogP contribution in [0.1, 0.15) is 51.9 Å².